The van der Waals surface area contributed by atoms with Gasteiger partial charge in [0.2, 0.25) is 5.91 Å². The van der Waals surface area contributed by atoms with Crippen molar-refractivity contribution in [2.45, 2.75) is 19.8 Å². The smallest absolute Gasteiger partial charge is 0.319 e. The molecule has 0 saturated heterocycles. The highest BCUT2D eigenvalue weighted by molar-refractivity contribution is 5.96. The second kappa shape index (κ2) is 8.10. The van der Waals surface area contributed by atoms with Gasteiger partial charge in [0.05, 0.1) is 6.54 Å². The first-order valence-electron chi connectivity index (χ1n) is 7.64. The molecule has 0 heterocycles. The van der Waals surface area contributed by atoms with Crippen molar-refractivity contribution in [3.63, 3.8) is 0 Å². The summed E-state index contributed by atoms with van der Waals surface area (Å²) >= 11 is 0. The molecule has 0 spiro atoms. The lowest BCUT2D eigenvalue weighted by molar-refractivity contribution is -0.115. The van der Waals surface area contributed by atoms with Crippen molar-refractivity contribution in [2.75, 3.05) is 17.2 Å². The molecule has 0 unspecified atom stereocenters. The van der Waals surface area contributed by atoms with Crippen LogP contribution in [0.1, 0.15) is 25.3 Å². The molecule has 126 valence electrons. The van der Waals surface area contributed by atoms with Crippen molar-refractivity contribution >= 4 is 23.3 Å². The summed E-state index contributed by atoms with van der Waals surface area (Å²) in [5.41, 5.74) is 2.16. The van der Waals surface area contributed by atoms with Crippen molar-refractivity contribution in [2.24, 2.45) is 0 Å². The minimum atomic E-state index is -0.485. The van der Waals surface area contributed by atoms with Crippen molar-refractivity contribution in [3.05, 3.63) is 59.9 Å². The van der Waals surface area contributed by atoms with E-state index in [0.717, 1.165) is 0 Å². The number of nitrogens with one attached hydrogen (secondary N) is 3. The normalized spacial score (nSPS) is 10.3. The Balaban J connectivity index is 1.79. The maximum Gasteiger partial charge on any atom is 0.319 e. The average Bonchev–Trinajstić information content (AvgIpc) is 2.53. The van der Waals surface area contributed by atoms with Gasteiger partial charge in [-0.25, -0.2) is 9.18 Å². The van der Waals surface area contributed by atoms with Crippen LogP contribution in [0.3, 0.4) is 0 Å². The zero-order valence-electron chi connectivity index (χ0n) is 13.6. The summed E-state index contributed by atoms with van der Waals surface area (Å²) in [4.78, 5) is 23.5. The number of halogens is 1. The van der Waals surface area contributed by atoms with Crippen LogP contribution in [0.2, 0.25) is 0 Å². The number of benzene rings is 2. The second-order valence-corrected chi connectivity index (χ2v) is 5.64. The van der Waals surface area contributed by atoms with Crippen LogP contribution in [0.25, 0.3) is 0 Å². The summed E-state index contributed by atoms with van der Waals surface area (Å²) in [6, 6.07) is 12.6. The zero-order chi connectivity index (χ0) is 17.5. The number of urea groups is 1. The molecule has 6 heteroatoms. The van der Waals surface area contributed by atoms with Crippen LogP contribution in [-0.4, -0.2) is 18.5 Å². The molecular formula is C18H20FN3O2. The molecule has 3 amide bonds. The van der Waals surface area contributed by atoms with E-state index in [9.17, 15) is 14.0 Å². The fraction of sp³-hybridized carbons (Fsp3) is 0.222. The van der Waals surface area contributed by atoms with Crippen molar-refractivity contribution < 1.29 is 14.0 Å². The first-order valence-corrected chi connectivity index (χ1v) is 7.64. The van der Waals surface area contributed by atoms with Gasteiger partial charge in [-0.15, -0.1) is 0 Å². The molecule has 0 aliphatic carbocycles. The Kier molecular flexibility index (Phi) is 5.89. The number of anilines is 2. The van der Waals surface area contributed by atoms with Gasteiger partial charge in [-0.1, -0.05) is 32.0 Å². The Hall–Kier alpha value is -2.89. The fourth-order valence-corrected chi connectivity index (χ4v) is 2.06. The Morgan fingerprint density at radius 2 is 1.71 bits per heavy atom. The quantitative estimate of drug-likeness (QED) is 0.782. The molecule has 0 aliphatic heterocycles. The van der Waals surface area contributed by atoms with E-state index < -0.39 is 17.8 Å². The van der Waals surface area contributed by atoms with Crippen molar-refractivity contribution in [1.82, 2.24) is 5.32 Å². The van der Waals surface area contributed by atoms with Crippen molar-refractivity contribution in [1.29, 1.82) is 0 Å². The van der Waals surface area contributed by atoms with Gasteiger partial charge in [-0.05, 0) is 41.8 Å². The second-order valence-electron chi connectivity index (χ2n) is 5.64. The van der Waals surface area contributed by atoms with Crippen LogP contribution in [-0.2, 0) is 4.79 Å². The Labute approximate surface area is 140 Å². The molecule has 24 heavy (non-hydrogen) atoms. The summed E-state index contributed by atoms with van der Waals surface area (Å²) in [6.07, 6.45) is 0. The molecule has 0 aliphatic rings. The highest BCUT2D eigenvalue weighted by Crippen LogP contribution is 2.17. The Morgan fingerprint density at radius 1 is 1.00 bits per heavy atom. The van der Waals surface area contributed by atoms with Crippen LogP contribution >= 0.6 is 0 Å². The first-order chi connectivity index (χ1) is 11.4. The van der Waals surface area contributed by atoms with Crippen LogP contribution < -0.4 is 16.0 Å². The number of amides is 3. The van der Waals surface area contributed by atoms with E-state index in [1.165, 1.54) is 23.8 Å². The minimum Gasteiger partial charge on any atom is -0.329 e. The zero-order valence-corrected chi connectivity index (χ0v) is 13.6. The van der Waals surface area contributed by atoms with E-state index in [4.69, 9.17) is 0 Å². The van der Waals surface area contributed by atoms with E-state index in [2.05, 4.69) is 29.8 Å². The van der Waals surface area contributed by atoms with Gasteiger partial charge in [0.25, 0.3) is 0 Å². The van der Waals surface area contributed by atoms with Gasteiger partial charge in [-0.3, -0.25) is 4.79 Å². The van der Waals surface area contributed by atoms with Crippen LogP contribution in [0, 0.1) is 5.82 Å². The first kappa shape index (κ1) is 17.5. The van der Waals surface area contributed by atoms with Gasteiger partial charge in [-0.2, -0.15) is 0 Å². The molecule has 0 bridgehead atoms. The molecule has 0 atom stereocenters. The maximum atomic E-state index is 13.0. The molecule has 0 radical (unpaired) electrons. The van der Waals surface area contributed by atoms with E-state index in [-0.39, 0.29) is 6.54 Å². The van der Waals surface area contributed by atoms with Crippen LogP contribution in [0.5, 0.6) is 0 Å². The molecule has 2 aromatic carbocycles. The van der Waals surface area contributed by atoms with Gasteiger partial charge in [0.15, 0.2) is 0 Å². The number of carbonyl (C=O) groups excluding carboxylic acids is 2. The summed E-state index contributed by atoms with van der Waals surface area (Å²) in [5.74, 6) is -0.464. The molecule has 3 N–H and O–H groups in total. The lowest BCUT2D eigenvalue weighted by atomic mass is 10.0. The minimum absolute atomic E-state index is 0.216. The van der Waals surface area contributed by atoms with E-state index in [1.54, 1.807) is 6.07 Å². The maximum absolute atomic E-state index is 13.0. The SMILES string of the molecule is CC(C)c1ccc(NC(=O)NCC(=O)Nc2cccc(F)c2)cc1. The van der Waals surface area contributed by atoms with Crippen LogP contribution in [0.15, 0.2) is 48.5 Å². The highest BCUT2D eigenvalue weighted by Gasteiger charge is 2.07. The van der Waals surface area contributed by atoms with E-state index >= 15 is 0 Å². The summed E-state index contributed by atoms with van der Waals surface area (Å²) < 4.78 is 13.0. The van der Waals surface area contributed by atoms with E-state index in [1.807, 2.05) is 24.3 Å². The fourth-order valence-electron chi connectivity index (χ4n) is 2.06. The molecule has 0 aromatic heterocycles. The van der Waals surface area contributed by atoms with Gasteiger partial charge in [0, 0.05) is 11.4 Å². The molecular weight excluding hydrogens is 309 g/mol. The topological polar surface area (TPSA) is 70.2 Å². The standard InChI is InChI=1S/C18H20FN3O2/c1-12(2)13-6-8-15(9-7-13)22-18(24)20-11-17(23)21-16-5-3-4-14(19)10-16/h3-10,12H,11H2,1-2H3,(H,21,23)(H2,20,22,24). The van der Waals surface area contributed by atoms with Crippen LogP contribution in [0.4, 0.5) is 20.6 Å². The molecule has 5 nitrogen and oxygen atoms in total. The third kappa shape index (κ3) is 5.39. The predicted octanol–water partition coefficient (Wildman–Crippen LogP) is 3.71. The predicted molar refractivity (Wildman–Crippen MR) is 92.6 cm³/mol. The van der Waals surface area contributed by atoms with Gasteiger partial charge >= 0.3 is 6.03 Å². The third-order valence-corrected chi connectivity index (χ3v) is 3.35. The third-order valence-electron chi connectivity index (χ3n) is 3.35. The Morgan fingerprint density at radius 3 is 2.33 bits per heavy atom. The summed E-state index contributed by atoms with van der Waals surface area (Å²) in [7, 11) is 0. The molecule has 0 fully saturated rings. The summed E-state index contributed by atoms with van der Waals surface area (Å²) in [5, 5.41) is 7.59. The van der Waals surface area contributed by atoms with Gasteiger partial charge in [0.1, 0.15) is 5.82 Å². The number of carbonyl (C=O) groups is 2. The largest absolute Gasteiger partial charge is 0.329 e. The van der Waals surface area contributed by atoms with Crippen molar-refractivity contribution in [3.8, 4) is 0 Å². The van der Waals surface area contributed by atoms with Gasteiger partial charge < -0.3 is 16.0 Å². The number of hydrogen-bond acceptors (Lipinski definition) is 2. The number of hydrogen-bond donors (Lipinski definition) is 3. The lowest BCUT2D eigenvalue weighted by Crippen LogP contribution is -2.35. The highest BCUT2D eigenvalue weighted by atomic mass is 19.1. The molecule has 2 rings (SSSR count). The summed E-state index contributed by atoms with van der Waals surface area (Å²) in [6.45, 7) is 3.96. The Bertz CT molecular complexity index is 714. The monoisotopic (exact) mass is 329 g/mol. The number of rotatable bonds is 5. The average molecular weight is 329 g/mol. The molecule has 0 saturated carbocycles. The molecule has 2 aromatic rings. The van der Waals surface area contributed by atoms with E-state index in [0.29, 0.717) is 17.3 Å². The lowest BCUT2D eigenvalue weighted by Gasteiger charge is -2.10.